The van der Waals surface area contributed by atoms with Crippen LogP contribution in [-0.4, -0.2) is 78.1 Å². The van der Waals surface area contributed by atoms with Crippen LogP contribution in [0, 0.1) is 11.8 Å². The number of piperidine rings is 1. The Morgan fingerprint density at radius 1 is 1.06 bits per heavy atom. The summed E-state index contributed by atoms with van der Waals surface area (Å²) in [7, 11) is 0. The van der Waals surface area contributed by atoms with Crippen molar-refractivity contribution < 1.29 is 19.1 Å². The van der Waals surface area contributed by atoms with Gasteiger partial charge in [-0.1, -0.05) is 33.1 Å². The molecule has 2 N–H and O–H groups in total. The maximum atomic E-state index is 13.9. The van der Waals surface area contributed by atoms with Crippen molar-refractivity contribution in [1.29, 1.82) is 0 Å². The van der Waals surface area contributed by atoms with Crippen molar-refractivity contribution in [2.45, 2.75) is 82.7 Å². The Morgan fingerprint density at radius 2 is 1.72 bits per heavy atom. The highest BCUT2D eigenvalue weighted by Crippen LogP contribution is 2.39. The highest BCUT2D eigenvalue weighted by Gasteiger charge is 2.53. The number of nitrogens with zero attached hydrogens (tertiary/aromatic N) is 2. The van der Waals surface area contributed by atoms with Gasteiger partial charge in [0.2, 0.25) is 5.91 Å². The Labute approximate surface area is 191 Å². The maximum Gasteiger partial charge on any atom is 0.322 e. The summed E-state index contributed by atoms with van der Waals surface area (Å²) in [5, 5.41) is 5.46. The minimum Gasteiger partial charge on any atom is -0.379 e. The van der Waals surface area contributed by atoms with E-state index in [2.05, 4.69) is 29.4 Å². The van der Waals surface area contributed by atoms with Crippen LogP contribution in [0.15, 0.2) is 0 Å². The Morgan fingerprint density at radius 3 is 2.28 bits per heavy atom. The number of rotatable bonds is 6. The number of carbonyl (C=O) groups excluding carboxylic acids is 3. The average Bonchev–Trinajstić information content (AvgIpc) is 3.12. The molecule has 32 heavy (non-hydrogen) atoms. The minimum absolute atomic E-state index is 0.0578. The monoisotopic (exact) mass is 448 g/mol. The number of hydrogen-bond acceptors (Lipinski definition) is 5. The molecule has 4 rings (SSSR count). The third kappa shape index (κ3) is 4.40. The van der Waals surface area contributed by atoms with Crippen LogP contribution in [0.5, 0.6) is 0 Å². The number of hydrogen-bond donors (Lipinski definition) is 2. The minimum atomic E-state index is -0.830. The lowest BCUT2D eigenvalue weighted by Crippen LogP contribution is -2.64. The summed E-state index contributed by atoms with van der Waals surface area (Å²) in [5.41, 5.74) is -1.22. The molecular formula is C24H40N4O4. The molecule has 4 amide bonds. The van der Waals surface area contributed by atoms with Crippen molar-refractivity contribution >= 4 is 17.8 Å². The molecule has 180 valence electrons. The molecule has 0 radical (unpaired) electrons. The molecular weight excluding hydrogens is 408 g/mol. The number of amides is 4. The lowest BCUT2D eigenvalue weighted by molar-refractivity contribution is -0.153. The number of imide groups is 1. The number of carbonyl (C=O) groups is 3. The molecule has 1 atom stereocenters. The topological polar surface area (TPSA) is 91.0 Å². The highest BCUT2D eigenvalue weighted by atomic mass is 16.5. The van der Waals surface area contributed by atoms with Crippen LogP contribution >= 0.6 is 0 Å². The van der Waals surface area contributed by atoms with Gasteiger partial charge in [-0.25, -0.2) is 4.79 Å². The van der Waals surface area contributed by atoms with Crippen LogP contribution in [0.4, 0.5) is 4.79 Å². The summed E-state index contributed by atoms with van der Waals surface area (Å²) in [6, 6.07) is -0.384. The predicted molar refractivity (Wildman–Crippen MR) is 121 cm³/mol. The molecule has 8 heteroatoms. The van der Waals surface area contributed by atoms with Crippen LogP contribution in [-0.2, 0) is 14.3 Å². The Kier molecular flexibility index (Phi) is 7.10. The lowest BCUT2D eigenvalue weighted by atomic mass is 9.73. The van der Waals surface area contributed by atoms with Crippen molar-refractivity contribution in [1.82, 2.24) is 20.4 Å². The van der Waals surface area contributed by atoms with Gasteiger partial charge in [0.05, 0.1) is 13.2 Å². The summed E-state index contributed by atoms with van der Waals surface area (Å²) in [4.78, 5) is 43.2. The fourth-order valence-corrected chi connectivity index (χ4v) is 6.35. The van der Waals surface area contributed by atoms with Crippen molar-refractivity contribution in [3.8, 4) is 0 Å². The zero-order valence-corrected chi connectivity index (χ0v) is 19.8. The smallest absolute Gasteiger partial charge is 0.322 e. The molecule has 1 aliphatic carbocycles. The van der Waals surface area contributed by atoms with Crippen LogP contribution < -0.4 is 10.6 Å². The van der Waals surface area contributed by atoms with Gasteiger partial charge in [-0.05, 0) is 50.4 Å². The van der Waals surface area contributed by atoms with E-state index in [9.17, 15) is 14.4 Å². The van der Waals surface area contributed by atoms with E-state index >= 15 is 0 Å². The summed E-state index contributed by atoms with van der Waals surface area (Å²) < 4.78 is 5.56. The van der Waals surface area contributed by atoms with Gasteiger partial charge >= 0.3 is 6.03 Å². The highest BCUT2D eigenvalue weighted by molar-refractivity contribution is 6.07. The molecule has 0 aromatic heterocycles. The molecule has 8 nitrogen and oxygen atoms in total. The first-order chi connectivity index (χ1) is 15.4. The molecule has 4 fully saturated rings. The van der Waals surface area contributed by atoms with Gasteiger partial charge in [-0.15, -0.1) is 0 Å². The van der Waals surface area contributed by atoms with Gasteiger partial charge in [0.25, 0.3) is 5.91 Å². The molecule has 0 aromatic carbocycles. The number of ether oxygens (including phenoxy) is 1. The molecule has 0 spiro atoms. The van der Waals surface area contributed by atoms with Crippen LogP contribution in [0.25, 0.3) is 0 Å². The first kappa shape index (κ1) is 23.5. The first-order valence-corrected chi connectivity index (χ1v) is 12.6. The molecule has 3 heterocycles. The number of likely N-dealkylation sites (tertiary alicyclic amines) is 1. The van der Waals surface area contributed by atoms with E-state index in [0.29, 0.717) is 38.6 Å². The quantitative estimate of drug-likeness (QED) is 0.609. The van der Waals surface area contributed by atoms with E-state index in [0.717, 1.165) is 58.0 Å². The molecule has 4 aliphatic rings. The largest absolute Gasteiger partial charge is 0.379 e. The summed E-state index contributed by atoms with van der Waals surface area (Å²) in [5.74, 6) is 0.597. The van der Waals surface area contributed by atoms with Gasteiger partial charge in [0.1, 0.15) is 11.1 Å². The van der Waals surface area contributed by atoms with Gasteiger partial charge in [-0.2, -0.15) is 0 Å². The maximum absolute atomic E-state index is 13.9. The van der Waals surface area contributed by atoms with Gasteiger partial charge in [-0.3, -0.25) is 19.8 Å². The Hall–Kier alpha value is -1.67. The van der Waals surface area contributed by atoms with E-state index in [1.165, 1.54) is 6.42 Å². The van der Waals surface area contributed by atoms with E-state index in [1.807, 2.05) is 4.90 Å². The van der Waals surface area contributed by atoms with Crippen LogP contribution in [0.1, 0.15) is 71.6 Å². The second-order valence-electron chi connectivity index (χ2n) is 10.6. The zero-order valence-electron chi connectivity index (χ0n) is 19.8. The molecule has 1 saturated carbocycles. The molecule has 0 aromatic rings. The second kappa shape index (κ2) is 9.67. The van der Waals surface area contributed by atoms with Crippen molar-refractivity contribution in [2.24, 2.45) is 11.8 Å². The fraction of sp³-hybridized carbons (Fsp3) is 0.875. The van der Waals surface area contributed by atoms with Crippen molar-refractivity contribution in [3.05, 3.63) is 0 Å². The molecule has 1 unspecified atom stereocenters. The van der Waals surface area contributed by atoms with Crippen LogP contribution in [0.2, 0.25) is 0 Å². The fourth-order valence-electron chi connectivity index (χ4n) is 6.35. The molecule has 0 bridgehead atoms. The summed E-state index contributed by atoms with van der Waals surface area (Å²) in [6.45, 7) is 8.64. The van der Waals surface area contributed by atoms with E-state index < -0.39 is 5.54 Å². The number of urea groups is 1. The Balaban J connectivity index is 1.46. The van der Waals surface area contributed by atoms with E-state index in [4.69, 9.17) is 4.74 Å². The van der Waals surface area contributed by atoms with E-state index in [1.54, 1.807) is 0 Å². The molecule has 3 saturated heterocycles. The second-order valence-corrected chi connectivity index (χ2v) is 10.6. The predicted octanol–water partition coefficient (Wildman–Crippen LogP) is 2.27. The van der Waals surface area contributed by atoms with Crippen LogP contribution in [0.3, 0.4) is 0 Å². The SMILES string of the molecule is CC(C)CCC1(C2CCN(C(=O)C3(N4CCOCC4)CCCCC3)CC2)NC(=O)NC1=O. The summed E-state index contributed by atoms with van der Waals surface area (Å²) >= 11 is 0. The van der Waals surface area contributed by atoms with Gasteiger partial charge in [0.15, 0.2) is 0 Å². The third-order valence-corrected chi connectivity index (χ3v) is 8.26. The standard InChI is InChI=1S/C24H40N4O4/c1-18(2)6-11-24(20(29)25-22(31)26-24)19-7-12-27(13-8-19)21(30)23(9-4-3-5-10-23)28-14-16-32-17-15-28/h18-19H,3-17H2,1-2H3,(H2,25,26,29,31). The third-order valence-electron chi connectivity index (χ3n) is 8.26. The van der Waals surface area contributed by atoms with E-state index in [-0.39, 0.29) is 29.3 Å². The average molecular weight is 449 g/mol. The first-order valence-electron chi connectivity index (χ1n) is 12.6. The molecule has 3 aliphatic heterocycles. The number of nitrogens with one attached hydrogen (secondary N) is 2. The summed E-state index contributed by atoms with van der Waals surface area (Å²) in [6.07, 6.45) is 8.30. The van der Waals surface area contributed by atoms with Crippen molar-refractivity contribution in [2.75, 3.05) is 39.4 Å². The lowest BCUT2D eigenvalue weighted by Gasteiger charge is -2.50. The van der Waals surface area contributed by atoms with Gasteiger partial charge in [0, 0.05) is 26.2 Å². The number of morpholine rings is 1. The van der Waals surface area contributed by atoms with Gasteiger partial charge < -0.3 is 15.0 Å². The Bertz CT molecular complexity index is 707. The normalized spacial score (nSPS) is 29.8. The zero-order chi connectivity index (χ0) is 22.8. The van der Waals surface area contributed by atoms with Crippen molar-refractivity contribution in [3.63, 3.8) is 0 Å².